The van der Waals surface area contributed by atoms with Gasteiger partial charge in [-0.05, 0) is 59.4 Å². The number of hydrazine groups is 1. The number of nitrogens with zero attached hydrogens (tertiary/aromatic N) is 1. The van der Waals surface area contributed by atoms with Crippen LogP contribution in [0.2, 0.25) is 0 Å². The predicted octanol–water partition coefficient (Wildman–Crippen LogP) is 3.47. The maximum Gasteiger partial charge on any atom is 0.407 e. The second-order valence-electron chi connectivity index (χ2n) is 9.28. The highest BCUT2D eigenvalue weighted by molar-refractivity contribution is 5.90. The highest BCUT2D eigenvalue weighted by Crippen LogP contribution is 2.44. The van der Waals surface area contributed by atoms with Gasteiger partial charge in [0.1, 0.15) is 25.5 Å². The number of amides is 3. The summed E-state index contributed by atoms with van der Waals surface area (Å²) in [7, 11) is 0. The number of ether oxygens (including phenoxy) is 1. The fourth-order valence-corrected chi connectivity index (χ4v) is 5.10. The smallest absolute Gasteiger partial charge is 0.407 e. The number of fused-ring (bicyclic) bond motifs is 3. The van der Waals surface area contributed by atoms with Gasteiger partial charge < -0.3 is 15.0 Å². The number of alkyl carbamates (subject to hydrolysis) is 1. The van der Waals surface area contributed by atoms with Crippen molar-refractivity contribution >= 4 is 29.9 Å². The number of anilines is 1. The Morgan fingerprint density at radius 3 is 2.24 bits per heavy atom. The molecule has 3 aromatic rings. The summed E-state index contributed by atoms with van der Waals surface area (Å²) in [6, 6.07) is 22.1. The molecule has 3 aromatic carbocycles. The Morgan fingerprint density at radius 2 is 1.58 bits per heavy atom. The Labute approximate surface area is 220 Å². The molecule has 38 heavy (non-hydrogen) atoms. The number of benzene rings is 3. The van der Waals surface area contributed by atoms with Crippen molar-refractivity contribution in [1.29, 1.82) is 0 Å². The molecule has 0 aromatic heterocycles. The number of carbonyl (C=O) groups excluding carboxylic acids is 4. The van der Waals surface area contributed by atoms with Crippen LogP contribution in [-0.2, 0) is 14.3 Å². The molecule has 0 unspecified atom stereocenters. The third-order valence-electron chi connectivity index (χ3n) is 6.98. The molecule has 9 nitrogen and oxygen atoms in total. The van der Waals surface area contributed by atoms with Crippen molar-refractivity contribution < 1.29 is 23.9 Å². The van der Waals surface area contributed by atoms with E-state index in [-0.39, 0.29) is 30.9 Å². The summed E-state index contributed by atoms with van der Waals surface area (Å²) in [6.45, 7) is 0.320. The molecular formula is C29H28N4O5. The zero-order valence-corrected chi connectivity index (χ0v) is 20.7. The van der Waals surface area contributed by atoms with E-state index in [0.29, 0.717) is 30.6 Å². The van der Waals surface area contributed by atoms with E-state index in [1.807, 2.05) is 36.4 Å². The minimum Gasteiger partial charge on any atom is -0.449 e. The van der Waals surface area contributed by atoms with Gasteiger partial charge in [-0.3, -0.25) is 25.2 Å². The molecule has 3 N–H and O–H groups in total. The minimum atomic E-state index is -0.680. The molecule has 1 atom stereocenters. The molecule has 0 spiro atoms. The molecule has 0 bridgehead atoms. The predicted molar refractivity (Wildman–Crippen MR) is 141 cm³/mol. The van der Waals surface area contributed by atoms with Crippen LogP contribution in [0.4, 0.5) is 10.5 Å². The van der Waals surface area contributed by atoms with Gasteiger partial charge >= 0.3 is 6.09 Å². The monoisotopic (exact) mass is 512 g/mol. The lowest BCUT2D eigenvalue weighted by Gasteiger charge is -2.24. The SMILES string of the molecule is O=Cc1ccc(NNC(=O)[C@@H]2CCCN2C(=O)CNC(=O)OCC2c3ccccc3-c3ccccc32)cc1. The average molecular weight is 513 g/mol. The van der Waals surface area contributed by atoms with Gasteiger partial charge in [0.2, 0.25) is 5.91 Å². The molecule has 0 radical (unpaired) electrons. The van der Waals surface area contributed by atoms with Crippen LogP contribution in [0.25, 0.3) is 11.1 Å². The number of hydrogen-bond acceptors (Lipinski definition) is 6. The first-order chi connectivity index (χ1) is 18.5. The van der Waals surface area contributed by atoms with Crippen molar-refractivity contribution in [1.82, 2.24) is 15.6 Å². The molecule has 0 saturated carbocycles. The van der Waals surface area contributed by atoms with Crippen molar-refractivity contribution in [3.05, 3.63) is 89.5 Å². The summed E-state index contributed by atoms with van der Waals surface area (Å²) in [5, 5.41) is 2.53. The Morgan fingerprint density at radius 1 is 0.921 bits per heavy atom. The van der Waals surface area contributed by atoms with Crippen molar-refractivity contribution in [3.63, 3.8) is 0 Å². The maximum atomic E-state index is 12.8. The van der Waals surface area contributed by atoms with Crippen molar-refractivity contribution in [2.24, 2.45) is 0 Å². The van der Waals surface area contributed by atoms with Crippen molar-refractivity contribution in [2.45, 2.75) is 24.8 Å². The fourth-order valence-electron chi connectivity index (χ4n) is 5.10. The lowest BCUT2D eigenvalue weighted by Crippen LogP contribution is -2.50. The third-order valence-corrected chi connectivity index (χ3v) is 6.98. The topological polar surface area (TPSA) is 117 Å². The van der Waals surface area contributed by atoms with E-state index in [1.54, 1.807) is 24.3 Å². The number of rotatable bonds is 8. The lowest BCUT2D eigenvalue weighted by molar-refractivity contribution is -0.137. The number of hydrogen-bond donors (Lipinski definition) is 3. The molecule has 2 aliphatic rings. The Hall–Kier alpha value is -4.66. The summed E-state index contributed by atoms with van der Waals surface area (Å²) in [5.74, 6) is -0.777. The Balaban J connectivity index is 1.11. The van der Waals surface area contributed by atoms with E-state index in [9.17, 15) is 19.2 Å². The molecule has 194 valence electrons. The lowest BCUT2D eigenvalue weighted by atomic mass is 9.98. The van der Waals surface area contributed by atoms with E-state index in [1.165, 1.54) is 4.90 Å². The molecule has 5 rings (SSSR count). The second kappa shape index (κ2) is 11.2. The fraction of sp³-hybridized carbons (Fsp3) is 0.241. The zero-order valence-electron chi connectivity index (χ0n) is 20.7. The molecule has 9 heteroatoms. The van der Waals surface area contributed by atoms with Crippen LogP contribution in [0.1, 0.15) is 40.2 Å². The number of nitrogens with one attached hydrogen (secondary N) is 3. The van der Waals surface area contributed by atoms with Crippen LogP contribution in [0.5, 0.6) is 0 Å². The van der Waals surface area contributed by atoms with Crippen LogP contribution in [0, 0.1) is 0 Å². The van der Waals surface area contributed by atoms with Crippen LogP contribution in [-0.4, -0.2) is 54.8 Å². The Kier molecular flexibility index (Phi) is 7.35. The van der Waals surface area contributed by atoms with Gasteiger partial charge in [-0.2, -0.15) is 0 Å². The van der Waals surface area contributed by atoms with Gasteiger partial charge in [0.05, 0.1) is 5.69 Å². The van der Waals surface area contributed by atoms with Crippen LogP contribution < -0.4 is 16.2 Å². The second-order valence-corrected chi connectivity index (χ2v) is 9.28. The summed E-state index contributed by atoms with van der Waals surface area (Å²) in [5.41, 5.74) is 11.0. The normalized spacial score (nSPS) is 15.8. The van der Waals surface area contributed by atoms with Gasteiger partial charge in [0.25, 0.3) is 5.91 Å². The molecule has 1 heterocycles. The van der Waals surface area contributed by atoms with Crippen LogP contribution >= 0.6 is 0 Å². The summed E-state index contributed by atoms with van der Waals surface area (Å²) in [6.07, 6.45) is 1.26. The van der Waals surface area contributed by atoms with Gasteiger partial charge in [-0.15, -0.1) is 0 Å². The van der Waals surface area contributed by atoms with E-state index < -0.39 is 12.1 Å². The first kappa shape index (κ1) is 25.0. The number of likely N-dealkylation sites (tertiary alicyclic amines) is 1. The quantitative estimate of drug-likeness (QED) is 0.314. The molecule has 1 fully saturated rings. The summed E-state index contributed by atoms with van der Waals surface area (Å²) < 4.78 is 5.50. The van der Waals surface area contributed by atoms with E-state index >= 15 is 0 Å². The summed E-state index contributed by atoms with van der Waals surface area (Å²) in [4.78, 5) is 50.2. The highest BCUT2D eigenvalue weighted by Gasteiger charge is 2.34. The van der Waals surface area contributed by atoms with Gasteiger partial charge in [-0.25, -0.2) is 4.79 Å². The largest absolute Gasteiger partial charge is 0.449 e. The zero-order chi connectivity index (χ0) is 26.5. The van der Waals surface area contributed by atoms with Crippen molar-refractivity contribution in [2.75, 3.05) is 25.1 Å². The molecule has 1 aliphatic carbocycles. The first-order valence-corrected chi connectivity index (χ1v) is 12.5. The van der Waals surface area contributed by atoms with E-state index in [4.69, 9.17) is 4.74 Å². The average Bonchev–Trinajstić information content (AvgIpc) is 3.57. The minimum absolute atomic E-state index is 0.0716. The molecule has 1 aliphatic heterocycles. The van der Waals surface area contributed by atoms with Crippen molar-refractivity contribution in [3.8, 4) is 11.1 Å². The van der Waals surface area contributed by atoms with E-state index in [2.05, 4.69) is 28.3 Å². The van der Waals surface area contributed by atoms with Gasteiger partial charge in [0, 0.05) is 18.0 Å². The maximum absolute atomic E-state index is 12.8. The third kappa shape index (κ3) is 5.22. The Bertz CT molecular complexity index is 1310. The van der Waals surface area contributed by atoms with Crippen LogP contribution in [0.3, 0.4) is 0 Å². The molecule has 3 amide bonds. The summed E-state index contributed by atoms with van der Waals surface area (Å²) >= 11 is 0. The number of carbonyl (C=O) groups is 4. The molecule has 1 saturated heterocycles. The van der Waals surface area contributed by atoms with Gasteiger partial charge in [-0.1, -0.05) is 48.5 Å². The number of aldehydes is 1. The van der Waals surface area contributed by atoms with Gasteiger partial charge in [0.15, 0.2) is 0 Å². The first-order valence-electron chi connectivity index (χ1n) is 12.5. The standard InChI is InChI=1S/C29H28N4O5/c34-17-19-11-13-20(14-12-19)31-32-28(36)26-10-5-15-33(26)27(35)16-30-29(37)38-18-25-23-8-3-1-6-21(23)22-7-2-4-9-24(22)25/h1-4,6-9,11-14,17,25-26,31H,5,10,15-16,18H2,(H,30,37)(H,32,36)/t26-/m0/s1. The molecular weight excluding hydrogens is 484 g/mol. The highest BCUT2D eigenvalue weighted by atomic mass is 16.5. The van der Waals surface area contributed by atoms with E-state index in [0.717, 1.165) is 28.5 Å². The van der Waals surface area contributed by atoms with Crippen LogP contribution in [0.15, 0.2) is 72.8 Å².